The van der Waals surface area contributed by atoms with Crippen LogP contribution in [0.4, 0.5) is 11.4 Å². The summed E-state index contributed by atoms with van der Waals surface area (Å²) in [7, 11) is 0. The Morgan fingerprint density at radius 2 is 1.67 bits per heavy atom. The van der Waals surface area contributed by atoms with Crippen LogP contribution in [0.2, 0.25) is 0 Å². The summed E-state index contributed by atoms with van der Waals surface area (Å²) in [5.74, 6) is 0.400. The van der Waals surface area contributed by atoms with Gasteiger partial charge in [0, 0.05) is 36.6 Å². The second-order valence-electron chi connectivity index (χ2n) is 6.34. The molecule has 2 aliphatic rings. The van der Waals surface area contributed by atoms with Crippen molar-refractivity contribution in [3.63, 3.8) is 0 Å². The monoisotopic (exact) mass is 366 g/mol. The van der Waals surface area contributed by atoms with E-state index in [-0.39, 0.29) is 30.6 Å². The van der Waals surface area contributed by atoms with Gasteiger partial charge in [-0.3, -0.25) is 19.3 Å². The average molecular weight is 366 g/mol. The zero-order valence-electron chi connectivity index (χ0n) is 14.6. The van der Waals surface area contributed by atoms with Gasteiger partial charge in [-0.15, -0.1) is 0 Å². The Morgan fingerprint density at radius 3 is 2.44 bits per heavy atom. The van der Waals surface area contributed by atoms with Crippen molar-refractivity contribution in [3.8, 4) is 11.5 Å². The van der Waals surface area contributed by atoms with Crippen LogP contribution in [-0.2, 0) is 9.59 Å². The second-order valence-corrected chi connectivity index (χ2v) is 6.34. The molecule has 0 saturated carbocycles. The molecule has 2 aromatic carbocycles. The lowest BCUT2D eigenvalue weighted by atomic mass is 10.1. The summed E-state index contributed by atoms with van der Waals surface area (Å²) in [6.07, 6.45) is 1.20. The Hall–Kier alpha value is -3.35. The molecule has 138 valence electrons. The van der Waals surface area contributed by atoms with Crippen molar-refractivity contribution in [1.82, 2.24) is 0 Å². The quantitative estimate of drug-likeness (QED) is 0.845. The Balaban J connectivity index is 1.54. The molecule has 4 rings (SSSR count). The number of ether oxygens (including phenoxy) is 2. The normalized spacial score (nSPS) is 16.2. The van der Waals surface area contributed by atoms with Crippen molar-refractivity contribution in [2.45, 2.75) is 19.3 Å². The number of fused-ring (bicyclic) bond motifs is 1. The number of imide groups is 1. The summed E-state index contributed by atoms with van der Waals surface area (Å²) >= 11 is 0. The number of hydrogen-bond donors (Lipinski definition) is 1. The minimum absolute atomic E-state index is 0.201. The Bertz CT molecular complexity index is 908. The summed E-state index contributed by atoms with van der Waals surface area (Å²) in [6.45, 7) is 1.16. The van der Waals surface area contributed by atoms with Gasteiger partial charge in [0.1, 0.15) is 0 Å². The van der Waals surface area contributed by atoms with Gasteiger partial charge in [0.05, 0.1) is 18.9 Å². The van der Waals surface area contributed by atoms with Gasteiger partial charge >= 0.3 is 0 Å². The maximum Gasteiger partial charge on any atom is 0.255 e. The largest absolute Gasteiger partial charge is 0.490 e. The van der Waals surface area contributed by atoms with Gasteiger partial charge in [0.15, 0.2) is 11.5 Å². The van der Waals surface area contributed by atoms with Gasteiger partial charge in [-0.1, -0.05) is 6.07 Å². The molecule has 7 heteroatoms. The third kappa shape index (κ3) is 3.48. The van der Waals surface area contributed by atoms with Crippen LogP contribution in [-0.4, -0.2) is 30.9 Å². The molecule has 3 amide bonds. The first-order valence-corrected chi connectivity index (χ1v) is 8.79. The number of nitrogens with zero attached hydrogens (tertiary/aromatic N) is 1. The molecule has 0 aromatic heterocycles. The predicted molar refractivity (Wildman–Crippen MR) is 98.2 cm³/mol. The molecule has 0 spiro atoms. The van der Waals surface area contributed by atoms with Crippen LogP contribution < -0.4 is 19.7 Å². The minimum Gasteiger partial charge on any atom is -0.490 e. The van der Waals surface area contributed by atoms with E-state index in [2.05, 4.69) is 5.32 Å². The van der Waals surface area contributed by atoms with Crippen molar-refractivity contribution in [2.75, 3.05) is 23.4 Å². The van der Waals surface area contributed by atoms with E-state index in [1.54, 1.807) is 42.5 Å². The molecule has 0 atom stereocenters. The number of carbonyl (C=O) groups is 3. The summed E-state index contributed by atoms with van der Waals surface area (Å²) in [6, 6.07) is 11.7. The molecule has 1 fully saturated rings. The molecule has 1 N–H and O–H groups in total. The van der Waals surface area contributed by atoms with Gasteiger partial charge in [-0.25, -0.2) is 0 Å². The third-order valence-electron chi connectivity index (χ3n) is 4.42. The van der Waals surface area contributed by atoms with E-state index in [9.17, 15) is 14.4 Å². The number of benzene rings is 2. The first-order valence-electron chi connectivity index (χ1n) is 8.79. The van der Waals surface area contributed by atoms with Crippen molar-refractivity contribution in [2.24, 2.45) is 0 Å². The highest BCUT2D eigenvalue weighted by Crippen LogP contribution is 2.32. The van der Waals surface area contributed by atoms with E-state index in [0.717, 1.165) is 11.3 Å². The summed E-state index contributed by atoms with van der Waals surface area (Å²) in [5, 5.41) is 2.81. The van der Waals surface area contributed by atoms with E-state index >= 15 is 0 Å². The van der Waals surface area contributed by atoms with Crippen molar-refractivity contribution < 1.29 is 23.9 Å². The van der Waals surface area contributed by atoms with E-state index in [4.69, 9.17) is 9.47 Å². The zero-order valence-corrected chi connectivity index (χ0v) is 14.6. The van der Waals surface area contributed by atoms with Gasteiger partial charge in [-0.05, 0) is 30.3 Å². The van der Waals surface area contributed by atoms with Gasteiger partial charge in [0.25, 0.3) is 5.91 Å². The standard InChI is InChI=1S/C20H18N2O5/c23-18-7-8-19(24)22(18)15-4-1-3-13(11-15)20(25)21-14-5-6-16-17(12-14)27-10-2-9-26-16/h1,3-6,11-12H,2,7-10H2,(H,21,25). The number of carbonyl (C=O) groups excluding carboxylic acids is 3. The number of hydrogen-bond acceptors (Lipinski definition) is 5. The number of rotatable bonds is 3. The second kappa shape index (κ2) is 7.11. The highest BCUT2D eigenvalue weighted by molar-refractivity contribution is 6.20. The molecule has 2 aliphatic heterocycles. The molecule has 27 heavy (non-hydrogen) atoms. The molecular weight excluding hydrogens is 348 g/mol. The fourth-order valence-electron chi connectivity index (χ4n) is 3.10. The van der Waals surface area contributed by atoms with Crippen LogP contribution in [0.15, 0.2) is 42.5 Å². The van der Waals surface area contributed by atoms with Crippen LogP contribution in [0.25, 0.3) is 0 Å². The van der Waals surface area contributed by atoms with E-state index in [1.165, 1.54) is 0 Å². The molecule has 2 heterocycles. The molecule has 0 bridgehead atoms. The average Bonchev–Trinajstić information content (AvgIpc) is 2.87. The fourth-order valence-corrected chi connectivity index (χ4v) is 3.10. The molecular formula is C20H18N2O5. The van der Waals surface area contributed by atoms with Crippen LogP contribution in [0.1, 0.15) is 29.6 Å². The smallest absolute Gasteiger partial charge is 0.255 e. The molecule has 0 aliphatic carbocycles. The number of anilines is 2. The van der Waals surface area contributed by atoms with Crippen LogP contribution in [0.3, 0.4) is 0 Å². The van der Waals surface area contributed by atoms with Gasteiger partial charge in [-0.2, -0.15) is 0 Å². The van der Waals surface area contributed by atoms with E-state index in [1.807, 2.05) is 0 Å². The lowest BCUT2D eigenvalue weighted by Crippen LogP contribution is -2.28. The van der Waals surface area contributed by atoms with Crippen molar-refractivity contribution >= 4 is 29.1 Å². The third-order valence-corrected chi connectivity index (χ3v) is 4.42. The zero-order chi connectivity index (χ0) is 18.8. The van der Waals surface area contributed by atoms with E-state index in [0.29, 0.717) is 41.7 Å². The van der Waals surface area contributed by atoms with Crippen molar-refractivity contribution in [3.05, 3.63) is 48.0 Å². The highest BCUT2D eigenvalue weighted by Gasteiger charge is 2.30. The molecule has 0 radical (unpaired) electrons. The molecule has 1 saturated heterocycles. The first-order chi connectivity index (χ1) is 13.1. The van der Waals surface area contributed by atoms with Gasteiger partial charge in [0.2, 0.25) is 11.8 Å². The Labute approximate surface area is 155 Å². The maximum atomic E-state index is 12.6. The number of amides is 3. The predicted octanol–water partition coefficient (Wildman–Crippen LogP) is 2.75. The maximum absolute atomic E-state index is 12.6. The van der Waals surface area contributed by atoms with Gasteiger partial charge < -0.3 is 14.8 Å². The topological polar surface area (TPSA) is 84.9 Å². The highest BCUT2D eigenvalue weighted by atomic mass is 16.5. The lowest BCUT2D eigenvalue weighted by Gasteiger charge is -2.15. The van der Waals surface area contributed by atoms with Crippen LogP contribution in [0.5, 0.6) is 11.5 Å². The number of nitrogens with one attached hydrogen (secondary N) is 1. The minimum atomic E-state index is -0.342. The summed E-state index contributed by atoms with van der Waals surface area (Å²) in [5.41, 5.74) is 1.34. The molecule has 0 unspecified atom stereocenters. The first kappa shape index (κ1) is 17.1. The summed E-state index contributed by atoms with van der Waals surface area (Å²) < 4.78 is 11.2. The van der Waals surface area contributed by atoms with Crippen LogP contribution >= 0.6 is 0 Å². The fraction of sp³-hybridized carbons (Fsp3) is 0.250. The molecule has 7 nitrogen and oxygen atoms in total. The Kier molecular flexibility index (Phi) is 4.50. The van der Waals surface area contributed by atoms with E-state index < -0.39 is 0 Å². The summed E-state index contributed by atoms with van der Waals surface area (Å²) in [4.78, 5) is 37.5. The molecule has 2 aromatic rings. The van der Waals surface area contributed by atoms with Crippen LogP contribution in [0, 0.1) is 0 Å². The Morgan fingerprint density at radius 1 is 0.926 bits per heavy atom. The van der Waals surface area contributed by atoms with Crippen molar-refractivity contribution in [1.29, 1.82) is 0 Å². The SMILES string of the molecule is O=C(Nc1ccc2c(c1)OCCCO2)c1cccc(N2C(=O)CCC2=O)c1. The lowest BCUT2D eigenvalue weighted by molar-refractivity contribution is -0.121.